The molecule has 29 heavy (non-hydrogen) atoms. The van der Waals surface area contributed by atoms with Crippen molar-refractivity contribution in [1.29, 1.82) is 0 Å². The summed E-state index contributed by atoms with van der Waals surface area (Å²) >= 11 is 7.31. The molecule has 1 aromatic carbocycles. The van der Waals surface area contributed by atoms with E-state index in [1.54, 1.807) is 11.4 Å². The van der Waals surface area contributed by atoms with Gasteiger partial charge in [0.15, 0.2) is 0 Å². The minimum atomic E-state index is -3.88. The predicted molar refractivity (Wildman–Crippen MR) is 116 cm³/mol. The first-order valence-corrected chi connectivity index (χ1v) is 12.1. The molecule has 0 saturated heterocycles. The molecule has 0 aliphatic heterocycles. The van der Waals surface area contributed by atoms with Crippen molar-refractivity contribution < 1.29 is 18.3 Å². The van der Waals surface area contributed by atoms with Crippen LogP contribution in [0.1, 0.15) is 57.1 Å². The number of thiophene rings is 1. The van der Waals surface area contributed by atoms with E-state index >= 15 is 0 Å². The van der Waals surface area contributed by atoms with Crippen LogP contribution in [0.3, 0.4) is 0 Å². The summed E-state index contributed by atoms with van der Waals surface area (Å²) in [5, 5.41) is 15.8. The molecule has 2 unspecified atom stereocenters. The lowest BCUT2D eigenvalue weighted by atomic mass is 9.92. The van der Waals surface area contributed by atoms with Crippen molar-refractivity contribution in [1.82, 2.24) is 4.72 Å². The molecule has 9 heteroatoms. The average molecular weight is 457 g/mol. The van der Waals surface area contributed by atoms with Crippen LogP contribution in [0.15, 0.2) is 33.9 Å². The molecular weight excluding hydrogens is 432 g/mol. The molecule has 3 rings (SSSR count). The Labute approximate surface area is 180 Å². The van der Waals surface area contributed by atoms with E-state index in [2.05, 4.69) is 10.0 Å². The average Bonchev–Trinajstić information content (AvgIpc) is 3.03. The highest BCUT2D eigenvalue weighted by atomic mass is 35.5. The number of amides is 1. The molecule has 1 heterocycles. The molecule has 0 bridgehead atoms. The Kier molecular flexibility index (Phi) is 6.13. The number of sulfonamides is 1. The van der Waals surface area contributed by atoms with Gasteiger partial charge in [0.1, 0.15) is 9.93 Å². The molecular formula is C20H25ClN2O4S2. The second kappa shape index (κ2) is 8.00. The van der Waals surface area contributed by atoms with Crippen LogP contribution in [0.5, 0.6) is 0 Å². The number of benzene rings is 1. The fraction of sp³-hybridized carbons (Fsp3) is 0.450. The number of anilines is 1. The zero-order chi connectivity index (χ0) is 21.6. The van der Waals surface area contributed by atoms with Gasteiger partial charge in [-0.3, -0.25) is 4.79 Å². The molecule has 0 radical (unpaired) electrons. The van der Waals surface area contributed by atoms with E-state index in [0.29, 0.717) is 10.7 Å². The van der Waals surface area contributed by atoms with Gasteiger partial charge >= 0.3 is 0 Å². The van der Waals surface area contributed by atoms with Crippen molar-refractivity contribution in [3.8, 4) is 0 Å². The molecule has 1 fully saturated rings. The Morgan fingerprint density at radius 3 is 2.31 bits per heavy atom. The molecule has 2 aromatic rings. The van der Waals surface area contributed by atoms with Crippen LogP contribution in [0, 0.1) is 5.92 Å². The number of hydrogen-bond donors (Lipinski definition) is 3. The van der Waals surface area contributed by atoms with Crippen LogP contribution >= 0.6 is 22.9 Å². The van der Waals surface area contributed by atoms with E-state index in [1.165, 1.54) is 6.07 Å². The third kappa shape index (κ3) is 4.67. The minimum Gasteiger partial charge on any atom is -0.374 e. The van der Waals surface area contributed by atoms with E-state index < -0.39 is 27.6 Å². The molecule has 3 N–H and O–H groups in total. The Morgan fingerprint density at radius 2 is 1.83 bits per heavy atom. The number of rotatable bonds is 7. The predicted octanol–water partition coefficient (Wildman–Crippen LogP) is 4.27. The lowest BCUT2D eigenvalue weighted by molar-refractivity contribution is -0.118. The number of hydrogen-bond acceptors (Lipinski definition) is 5. The summed E-state index contributed by atoms with van der Waals surface area (Å²) in [6, 6.07) is 6.71. The number of carbonyl (C=O) groups is 1. The Balaban J connectivity index is 1.82. The zero-order valence-electron chi connectivity index (χ0n) is 16.7. The molecule has 1 aromatic heterocycles. The highest BCUT2D eigenvalue weighted by molar-refractivity contribution is 7.91. The lowest BCUT2D eigenvalue weighted by Crippen LogP contribution is -2.40. The second-order valence-corrected chi connectivity index (χ2v) is 11.3. The van der Waals surface area contributed by atoms with Gasteiger partial charge in [0.2, 0.25) is 5.91 Å². The maximum atomic E-state index is 12.9. The van der Waals surface area contributed by atoms with Crippen LogP contribution in [0.25, 0.3) is 0 Å². The molecule has 1 aliphatic rings. The van der Waals surface area contributed by atoms with Crippen molar-refractivity contribution in [2.24, 2.45) is 5.92 Å². The van der Waals surface area contributed by atoms with Gasteiger partial charge in [0.05, 0.1) is 5.92 Å². The first kappa shape index (κ1) is 22.2. The van der Waals surface area contributed by atoms with Gasteiger partial charge in [-0.1, -0.05) is 45.4 Å². The van der Waals surface area contributed by atoms with E-state index in [1.807, 2.05) is 39.8 Å². The molecule has 2 atom stereocenters. The topological polar surface area (TPSA) is 95.5 Å². The van der Waals surface area contributed by atoms with E-state index in [0.717, 1.165) is 22.5 Å². The zero-order valence-corrected chi connectivity index (χ0v) is 19.1. The van der Waals surface area contributed by atoms with Crippen LogP contribution in [0.2, 0.25) is 5.02 Å². The molecule has 6 nitrogen and oxygen atoms in total. The fourth-order valence-corrected chi connectivity index (χ4v) is 5.82. The third-order valence-electron chi connectivity index (χ3n) is 4.98. The Morgan fingerprint density at radius 1 is 1.24 bits per heavy atom. The smallest absolute Gasteiger partial charge is 0.252 e. The lowest BCUT2D eigenvalue weighted by Gasteiger charge is -2.21. The van der Waals surface area contributed by atoms with Crippen LogP contribution in [-0.2, 0) is 14.8 Å². The normalized spacial score (nSPS) is 21.6. The monoisotopic (exact) mass is 456 g/mol. The summed E-state index contributed by atoms with van der Waals surface area (Å²) in [7, 11) is -3.88. The third-order valence-corrected chi connectivity index (χ3v) is 8.09. The van der Waals surface area contributed by atoms with Gasteiger partial charge in [-0.2, -0.15) is 4.72 Å². The Hall–Kier alpha value is -1.45. The van der Waals surface area contributed by atoms with Gasteiger partial charge in [-0.05, 0) is 46.5 Å². The second-order valence-electron chi connectivity index (χ2n) is 7.98. The summed E-state index contributed by atoms with van der Waals surface area (Å²) in [6.07, 6.45) is 0.0189. The van der Waals surface area contributed by atoms with E-state index in [-0.39, 0.29) is 22.5 Å². The summed E-state index contributed by atoms with van der Waals surface area (Å²) < 4.78 is 27.1. The summed E-state index contributed by atoms with van der Waals surface area (Å²) in [5.41, 5.74) is 0.700. The van der Waals surface area contributed by atoms with Crippen LogP contribution in [-0.4, -0.2) is 25.2 Å². The van der Waals surface area contributed by atoms with Gasteiger partial charge in [-0.15, -0.1) is 11.3 Å². The van der Waals surface area contributed by atoms with Crippen LogP contribution < -0.4 is 10.0 Å². The highest BCUT2D eigenvalue weighted by Gasteiger charge is 2.60. The number of halogens is 1. The Bertz CT molecular complexity index is 990. The highest BCUT2D eigenvalue weighted by Crippen LogP contribution is 2.44. The molecule has 1 aliphatic carbocycles. The first-order valence-electron chi connectivity index (χ1n) is 9.38. The number of nitrogens with one attached hydrogen (secondary N) is 2. The standard InChI is InChI=1S/C20H25ClN2O4S2/c1-11(2)14-8-13(21)9-15(12(3)4)18(14)22-19(24)16-10-20(16,25)23-29(26,27)17-6-5-7-28-17/h5-9,11-12,16,23,25H,10H2,1-4H3,(H,22,24). The molecule has 0 spiro atoms. The molecule has 1 amide bonds. The number of aliphatic hydroxyl groups is 1. The van der Waals surface area contributed by atoms with Gasteiger partial charge in [-0.25, -0.2) is 8.42 Å². The molecule has 1 saturated carbocycles. The van der Waals surface area contributed by atoms with Gasteiger partial charge in [0, 0.05) is 17.1 Å². The molecule has 158 valence electrons. The summed E-state index contributed by atoms with van der Waals surface area (Å²) in [6.45, 7) is 8.03. The maximum absolute atomic E-state index is 12.9. The van der Waals surface area contributed by atoms with Crippen LogP contribution in [0.4, 0.5) is 5.69 Å². The van der Waals surface area contributed by atoms with Crippen molar-refractivity contribution in [3.05, 3.63) is 45.8 Å². The van der Waals surface area contributed by atoms with Crippen molar-refractivity contribution in [2.45, 2.75) is 55.9 Å². The first-order chi connectivity index (χ1) is 13.4. The van der Waals surface area contributed by atoms with Crippen molar-refractivity contribution >= 4 is 44.6 Å². The quantitative estimate of drug-likeness (QED) is 0.542. The van der Waals surface area contributed by atoms with Crippen molar-refractivity contribution in [3.63, 3.8) is 0 Å². The van der Waals surface area contributed by atoms with Gasteiger partial charge in [0.25, 0.3) is 10.0 Å². The maximum Gasteiger partial charge on any atom is 0.252 e. The minimum absolute atomic E-state index is 0.0189. The van der Waals surface area contributed by atoms with E-state index in [9.17, 15) is 18.3 Å². The van der Waals surface area contributed by atoms with E-state index in [4.69, 9.17) is 11.6 Å². The number of carbonyl (C=O) groups excluding carboxylic acids is 1. The summed E-state index contributed by atoms with van der Waals surface area (Å²) in [4.78, 5) is 12.9. The largest absolute Gasteiger partial charge is 0.374 e. The SMILES string of the molecule is CC(C)c1cc(Cl)cc(C(C)C)c1NC(=O)C1CC1(O)NS(=O)(=O)c1cccs1. The van der Waals surface area contributed by atoms with Crippen molar-refractivity contribution in [2.75, 3.05) is 5.32 Å². The van der Waals surface area contributed by atoms with Gasteiger partial charge < -0.3 is 10.4 Å². The summed E-state index contributed by atoms with van der Waals surface area (Å²) in [5.74, 6) is -1.05. The fourth-order valence-electron chi connectivity index (χ4n) is 3.29.